The average Bonchev–Trinajstić information content (AvgIpc) is 3.21. The van der Waals surface area contributed by atoms with E-state index < -0.39 is 0 Å². The van der Waals surface area contributed by atoms with Gasteiger partial charge in [-0.1, -0.05) is 59.3 Å². The summed E-state index contributed by atoms with van der Waals surface area (Å²) < 4.78 is 29.6. The van der Waals surface area contributed by atoms with Gasteiger partial charge in [0, 0.05) is 5.02 Å². The molecule has 0 fully saturated rings. The van der Waals surface area contributed by atoms with Gasteiger partial charge in [0.15, 0.2) is 4.80 Å². The number of nitrogens with zero attached hydrogens (tertiary/aromatic N) is 2. The van der Waals surface area contributed by atoms with E-state index in [1.54, 1.807) is 41.0 Å². The van der Waals surface area contributed by atoms with Crippen molar-refractivity contribution in [3.63, 3.8) is 0 Å². The van der Waals surface area contributed by atoms with Crippen LogP contribution in [0.3, 0.4) is 0 Å². The fraction of sp³-hybridized carbons (Fsp3) is 0.133. The first-order valence-electron chi connectivity index (χ1n) is 12.0. The van der Waals surface area contributed by atoms with E-state index in [0.717, 1.165) is 52.8 Å². The van der Waals surface area contributed by atoms with Crippen molar-refractivity contribution in [3.8, 4) is 0 Å². The number of aromatic nitrogens is 1. The van der Waals surface area contributed by atoms with E-state index in [0.29, 0.717) is 14.4 Å². The molecule has 0 saturated carbocycles. The van der Waals surface area contributed by atoms with E-state index in [1.807, 2.05) is 24.3 Å². The highest BCUT2D eigenvalue weighted by atomic mass is 35.5. The second kappa shape index (κ2) is 9.69. The van der Waals surface area contributed by atoms with Crippen molar-refractivity contribution in [3.05, 3.63) is 143 Å². The monoisotopic (exact) mass is 530 g/mol. The number of benzene rings is 3. The summed E-state index contributed by atoms with van der Waals surface area (Å²) in [6.07, 6.45) is 6.40. The molecule has 184 valence electrons. The van der Waals surface area contributed by atoms with Gasteiger partial charge in [-0.05, 0) is 95.6 Å². The predicted octanol–water partition coefficient (Wildman–Crippen LogP) is 6.41. The first kappa shape index (κ1) is 23.8. The zero-order chi connectivity index (χ0) is 25.5. The van der Waals surface area contributed by atoms with Crippen LogP contribution >= 0.6 is 22.9 Å². The van der Waals surface area contributed by atoms with Gasteiger partial charge in [0.05, 0.1) is 16.3 Å². The molecule has 1 unspecified atom stereocenters. The largest absolute Gasteiger partial charge is 0.272 e. The third kappa shape index (κ3) is 4.63. The lowest BCUT2D eigenvalue weighted by Crippen LogP contribution is -2.39. The molecule has 0 N–H and O–H groups in total. The lowest BCUT2D eigenvalue weighted by atomic mass is 9.84. The molecular formula is C30H21ClF2N2OS. The Labute approximate surface area is 221 Å². The minimum absolute atomic E-state index is 0.130. The first-order valence-corrected chi connectivity index (χ1v) is 13.2. The predicted molar refractivity (Wildman–Crippen MR) is 144 cm³/mol. The molecule has 3 nitrogen and oxygen atoms in total. The summed E-state index contributed by atoms with van der Waals surface area (Å²) >= 11 is 7.37. The molecule has 4 aromatic rings. The minimum atomic E-state index is -0.379. The molecule has 1 aromatic heterocycles. The van der Waals surface area contributed by atoms with Gasteiger partial charge in [-0.15, -0.1) is 0 Å². The molecule has 0 saturated heterocycles. The van der Waals surface area contributed by atoms with Crippen molar-refractivity contribution in [1.29, 1.82) is 0 Å². The van der Waals surface area contributed by atoms with Crippen LogP contribution in [0.5, 0.6) is 0 Å². The van der Waals surface area contributed by atoms with Crippen LogP contribution in [0.2, 0.25) is 5.02 Å². The maximum absolute atomic E-state index is 13.8. The Kier molecular flexibility index (Phi) is 6.22. The van der Waals surface area contributed by atoms with Crippen LogP contribution in [-0.4, -0.2) is 4.57 Å². The van der Waals surface area contributed by atoms with Crippen molar-refractivity contribution in [1.82, 2.24) is 4.57 Å². The third-order valence-electron chi connectivity index (χ3n) is 6.70. The van der Waals surface area contributed by atoms with Gasteiger partial charge in [-0.3, -0.25) is 9.36 Å². The highest BCUT2D eigenvalue weighted by Crippen LogP contribution is 2.41. The molecule has 0 radical (unpaired) electrons. The van der Waals surface area contributed by atoms with Gasteiger partial charge in [-0.25, -0.2) is 13.8 Å². The molecule has 2 heterocycles. The second-order valence-corrected chi connectivity index (χ2v) is 10.6. The summed E-state index contributed by atoms with van der Waals surface area (Å²) in [5.41, 5.74) is 5.43. The van der Waals surface area contributed by atoms with E-state index in [9.17, 15) is 13.6 Å². The molecule has 1 aliphatic carbocycles. The standard InChI is InChI=1S/C30H21ClF2N2OS/c31-22-10-4-19(5-11-22)17-26-29(36)35-28(20-8-14-24(33)15-9-20)25-3-1-2-21(27(25)34-30(35)37-26)16-18-6-12-23(32)13-7-18/h4-17,28H,1-3H2/b21-16+,26-17+. The Hall–Kier alpha value is -3.61. The smallest absolute Gasteiger partial charge is 0.271 e. The zero-order valence-electron chi connectivity index (χ0n) is 19.6. The third-order valence-corrected chi connectivity index (χ3v) is 7.93. The number of fused-ring (bicyclic) bond motifs is 1. The van der Waals surface area contributed by atoms with Crippen LogP contribution in [0.15, 0.2) is 99.4 Å². The molecular weight excluding hydrogens is 510 g/mol. The number of halogens is 3. The normalized spacial score (nSPS) is 18.5. The molecule has 7 heteroatoms. The first-order chi connectivity index (χ1) is 18.0. The van der Waals surface area contributed by atoms with Gasteiger partial charge in [0.1, 0.15) is 11.6 Å². The summed E-state index contributed by atoms with van der Waals surface area (Å²) in [4.78, 5) is 19.3. The van der Waals surface area contributed by atoms with Crippen LogP contribution in [-0.2, 0) is 0 Å². The summed E-state index contributed by atoms with van der Waals surface area (Å²) in [7, 11) is 0. The summed E-state index contributed by atoms with van der Waals surface area (Å²) in [6.45, 7) is 0. The minimum Gasteiger partial charge on any atom is -0.272 e. The van der Waals surface area contributed by atoms with Gasteiger partial charge < -0.3 is 0 Å². The van der Waals surface area contributed by atoms with Crippen LogP contribution in [0, 0.1) is 11.6 Å². The Morgan fingerprint density at radius 3 is 2.19 bits per heavy atom. The van der Waals surface area contributed by atoms with Crippen molar-refractivity contribution in [2.75, 3.05) is 0 Å². The molecule has 6 rings (SSSR count). The van der Waals surface area contributed by atoms with E-state index in [2.05, 4.69) is 0 Å². The van der Waals surface area contributed by atoms with Crippen LogP contribution in [0.25, 0.3) is 12.2 Å². The Balaban J connectivity index is 1.57. The quantitative estimate of drug-likeness (QED) is 0.301. The molecule has 0 spiro atoms. The number of rotatable bonds is 3. The van der Waals surface area contributed by atoms with E-state index >= 15 is 0 Å². The topological polar surface area (TPSA) is 34.4 Å². The molecule has 0 amide bonds. The maximum Gasteiger partial charge on any atom is 0.271 e. The van der Waals surface area contributed by atoms with Gasteiger partial charge >= 0.3 is 0 Å². The number of allylic oxidation sites excluding steroid dienone is 2. The molecule has 1 atom stereocenters. The van der Waals surface area contributed by atoms with Gasteiger partial charge in [0.25, 0.3) is 5.56 Å². The highest BCUT2D eigenvalue weighted by molar-refractivity contribution is 7.07. The Morgan fingerprint density at radius 2 is 1.49 bits per heavy atom. The lowest BCUT2D eigenvalue weighted by Gasteiger charge is -2.31. The van der Waals surface area contributed by atoms with Crippen LogP contribution in [0.4, 0.5) is 8.78 Å². The second-order valence-electron chi connectivity index (χ2n) is 9.13. The van der Waals surface area contributed by atoms with E-state index in [1.165, 1.54) is 35.6 Å². The fourth-order valence-electron chi connectivity index (χ4n) is 4.97. The molecule has 37 heavy (non-hydrogen) atoms. The number of thiazole rings is 1. The molecule has 1 aliphatic heterocycles. The van der Waals surface area contributed by atoms with Crippen molar-refractivity contribution in [2.45, 2.75) is 25.3 Å². The average molecular weight is 531 g/mol. The van der Waals surface area contributed by atoms with Crippen LogP contribution in [0.1, 0.15) is 42.0 Å². The zero-order valence-corrected chi connectivity index (χ0v) is 21.2. The van der Waals surface area contributed by atoms with E-state index in [-0.39, 0.29) is 23.2 Å². The van der Waals surface area contributed by atoms with Crippen LogP contribution < -0.4 is 14.9 Å². The van der Waals surface area contributed by atoms with E-state index in [4.69, 9.17) is 16.6 Å². The Bertz CT molecular complexity index is 1730. The molecule has 3 aromatic carbocycles. The molecule has 2 aliphatic rings. The summed E-state index contributed by atoms with van der Waals surface area (Å²) in [5, 5.41) is 0.628. The number of hydrogen-bond donors (Lipinski definition) is 0. The maximum atomic E-state index is 13.8. The van der Waals surface area contributed by atoms with Gasteiger partial charge in [-0.2, -0.15) is 0 Å². The highest BCUT2D eigenvalue weighted by Gasteiger charge is 2.32. The van der Waals surface area contributed by atoms with Crippen molar-refractivity contribution < 1.29 is 8.78 Å². The molecule has 0 bridgehead atoms. The van der Waals surface area contributed by atoms with Crippen molar-refractivity contribution >= 4 is 35.1 Å². The SMILES string of the molecule is O=c1/c(=C\c2ccc(Cl)cc2)sc2n1C(c1ccc(F)cc1)C1=C(N=2)/C(=C/c2ccc(F)cc2)CCC1. The van der Waals surface area contributed by atoms with Gasteiger partial charge in [0.2, 0.25) is 0 Å². The summed E-state index contributed by atoms with van der Waals surface area (Å²) in [6, 6.07) is 19.7. The van der Waals surface area contributed by atoms with Crippen molar-refractivity contribution in [2.24, 2.45) is 4.99 Å². The fourth-order valence-corrected chi connectivity index (χ4v) is 6.10. The Morgan fingerprint density at radius 1 is 0.865 bits per heavy atom. The number of hydrogen-bond acceptors (Lipinski definition) is 3. The lowest BCUT2D eigenvalue weighted by molar-refractivity contribution is 0.551. The summed E-state index contributed by atoms with van der Waals surface area (Å²) in [5.74, 6) is -0.606.